The molecule has 0 atom stereocenters. The Morgan fingerprint density at radius 1 is 0.959 bits per heavy atom. The van der Waals surface area contributed by atoms with Gasteiger partial charge in [-0.25, -0.2) is 4.98 Å². The smallest absolute Gasteiger partial charge is 0.494 e. The third kappa shape index (κ3) is 7.32. The molecule has 0 saturated carbocycles. The number of anilines is 6. The minimum atomic E-state index is -5.78. The van der Waals surface area contributed by atoms with Crippen molar-refractivity contribution in [2.75, 3.05) is 80.3 Å². The monoisotopic (exact) mass is 764 g/mol. The lowest BCUT2D eigenvalue weighted by atomic mass is 10.0. The molecule has 2 aromatic heterocycles. The number of benzene rings is 2. The van der Waals surface area contributed by atoms with Gasteiger partial charge in [-0.15, -0.1) is 0 Å². The minimum absolute atomic E-state index is 0.00741. The van der Waals surface area contributed by atoms with Crippen LogP contribution < -0.4 is 24.6 Å². The van der Waals surface area contributed by atoms with Crippen molar-refractivity contribution in [3.8, 4) is 5.75 Å². The Balaban J connectivity index is 1.22. The average Bonchev–Trinajstić information content (AvgIpc) is 3.09. The molecule has 6 rings (SSSR count). The van der Waals surface area contributed by atoms with E-state index in [0.29, 0.717) is 22.0 Å². The van der Waals surface area contributed by atoms with E-state index in [2.05, 4.69) is 68.2 Å². The molecule has 2 aliphatic heterocycles. The zero-order valence-corrected chi connectivity index (χ0v) is 29.5. The van der Waals surface area contributed by atoms with E-state index >= 15 is 0 Å². The van der Waals surface area contributed by atoms with Gasteiger partial charge in [-0.1, -0.05) is 0 Å². The predicted octanol–water partition coefficient (Wildman–Crippen LogP) is 5.18. The van der Waals surface area contributed by atoms with Crippen LogP contribution in [0.2, 0.25) is 0 Å². The Morgan fingerprint density at radius 3 is 2.35 bits per heavy atom. The molecular formula is C31H36BrF3N10O3S. The van der Waals surface area contributed by atoms with Gasteiger partial charge in [0.05, 0.1) is 28.5 Å². The summed E-state index contributed by atoms with van der Waals surface area (Å²) in [7, 11) is -1.22. The summed E-state index contributed by atoms with van der Waals surface area (Å²) in [6, 6.07) is 9.38. The summed E-state index contributed by atoms with van der Waals surface area (Å²) in [6.07, 6.45) is 6.27. The number of fused-ring (bicyclic) bond motifs is 1. The fourth-order valence-electron chi connectivity index (χ4n) is 6.14. The molecule has 0 radical (unpaired) electrons. The van der Waals surface area contributed by atoms with Crippen LogP contribution in [0.15, 0.2) is 53.4 Å². The Hall–Kier alpha value is -4.00. The molecule has 13 nitrogen and oxygen atoms in total. The summed E-state index contributed by atoms with van der Waals surface area (Å²) >= 11 is 3.38. The average molecular weight is 766 g/mol. The summed E-state index contributed by atoms with van der Waals surface area (Å²) in [5.41, 5.74) is -4.12. The van der Waals surface area contributed by atoms with Crippen molar-refractivity contribution in [3.63, 3.8) is 0 Å². The van der Waals surface area contributed by atoms with Crippen molar-refractivity contribution in [1.82, 2.24) is 29.7 Å². The molecule has 49 heavy (non-hydrogen) atoms. The summed E-state index contributed by atoms with van der Waals surface area (Å²) in [6.45, 7) is 6.32. The maximum atomic E-state index is 13.6. The number of nitrogens with one attached hydrogen (secondary N) is 2. The van der Waals surface area contributed by atoms with Crippen LogP contribution in [0.3, 0.4) is 0 Å². The van der Waals surface area contributed by atoms with Crippen LogP contribution in [0, 0.1) is 0 Å². The Labute approximate surface area is 290 Å². The molecule has 0 spiro atoms. The van der Waals surface area contributed by atoms with Gasteiger partial charge < -0.3 is 25.2 Å². The van der Waals surface area contributed by atoms with Gasteiger partial charge >= 0.3 is 15.5 Å². The predicted molar refractivity (Wildman–Crippen MR) is 187 cm³/mol. The number of halogens is 4. The second-order valence-corrected chi connectivity index (χ2v) is 14.7. The highest BCUT2D eigenvalue weighted by atomic mass is 79.9. The van der Waals surface area contributed by atoms with Gasteiger partial charge in [0.15, 0.2) is 0 Å². The quantitative estimate of drug-likeness (QED) is 0.233. The first-order valence-electron chi connectivity index (χ1n) is 15.6. The number of hydrogen-bond donors (Lipinski definition) is 2. The molecule has 4 heterocycles. The Bertz CT molecular complexity index is 1920. The normalized spacial score (nSPS) is 16.9. The van der Waals surface area contributed by atoms with Crippen molar-refractivity contribution in [1.29, 1.82) is 0 Å². The highest BCUT2D eigenvalue weighted by Gasteiger charge is 2.50. The van der Waals surface area contributed by atoms with E-state index in [1.54, 1.807) is 7.11 Å². The third-order valence-electron chi connectivity index (χ3n) is 8.89. The Kier molecular flexibility index (Phi) is 10.0. The van der Waals surface area contributed by atoms with E-state index in [0.717, 1.165) is 64.8 Å². The van der Waals surface area contributed by atoms with Gasteiger partial charge in [0.1, 0.15) is 22.8 Å². The van der Waals surface area contributed by atoms with E-state index in [1.807, 2.05) is 18.2 Å². The van der Waals surface area contributed by atoms with Crippen LogP contribution >= 0.6 is 15.9 Å². The maximum absolute atomic E-state index is 13.6. The van der Waals surface area contributed by atoms with E-state index in [4.69, 9.17) is 4.74 Å². The number of piperidine rings is 1. The molecule has 2 aromatic carbocycles. The Morgan fingerprint density at radius 2 is 1.65 bits per heavy atom. The van der Waals surface area contributed by atoms with Crippen molar-refractivity contribution >= 4 is 71.5 Å². The number of nitrogens with zero attached hydrogens (tertiary/aromatic N) is 8. The lowest BCUT2D eigenvalue weighted by Gasteiger charge is -2.42. The lowest BCUT2D eigenvalue weighted by molar-refractivity contribution is -0.0436. The molecular weight excluding hydrogens is 729 g/mol. The van der Waals surface area contributed by atoms with Crippen molar-refractivity contribution < 1.29 is 26.3 Å². The highest BCUT2D eigenvalue weighted by Crippen LogP contribution is 2.40. The fourth-order valence-corrected chi connectivity index (χ4v) is 7.16. The van der Waals surface area contributed by atoms with Crippen molar-refractivity contribution in [2.24, 2.45) is 0 Å². The minimum Gasteiger partial charge on any atom is -0.494 e. The zero-order valence-electron chi connectivity index (χ0n) is 27.1. The van der Waals surface area contributed by atoms with E-state index < -0.39 is 15.5 Å². The maximum Gasteiger partial charge on any atom is 0.516 e. The van der Waals surface area contributed by atoms with Crippen LogP contribution in [-0.4, -0.2) is 110 Å². The molecule has 2 fully saturated rings. The number of hydrogen-bond acceptors (Lipinski definition) is 12. The fraction of sp³-hybridized carbons (Fsp3) is 0.419. The second-order valence-electron chi connectivity index (χ2n) is 11.9. The molecule has 0 aliphatic carbocycles. The first-order chi connectivity index (χ1) is 23.4. The molecule has 0 bridgehead atoms. The van der Waals surface area contributed by atoms with Crippen molar-refractivity contribution in [3.05, 3.63) is 53.4 Å². The highest BCUT2D eigenvalue weighted by molar-refractivity contribution is 9.10. The number of alkyl halides is 3. The van der Waals surface area contributed by atoms with Crippen LogP contribution in [0.5, 0.6) is 5.75 Å². The first kappa shape index (κ1) is 34.8. The zero-order chi connectivity index (χ0) is 34.9. The lowest BCUT2D eigenvalue weighted by Crippen LogP contribution is -2.52. The van der Waals surface area contributed by atoms with Gasteiger partial charge in [-0.2, -0.15) is 26.6 Å². The molecule has 262 valence electrons. The van der Waals surface area contributed by atoms with Crippen LogP contribution in [0.4, 0.5) is 47.7 Å². The molecule has 18 heteroatoms. The number of piperazine rings is 1. The second kappa shape index (κ2) is 14.1. The number of ether oxygens (including phenoxy) is 1. The van der Waals surface area contributed by atoms with E-state index in [9.17, 15) is 21.6 Å². The van der Waals surface area contributed by atoms with E-state index in [-0.39, 0.29) is 38.5 Å². The topological polar surface area (TPSA) is 132 Å². The number of sulfonamides is 1. The number of methoxy groups -OCH3 is 1. The van der Waals surface area contributed by atoms with Gasteiger partial charge in [-0.3, -0.25) is 19.2 Å². The standard InChI is InChI=1S/C31H36BrF3N10O3S/c1-42-14-16-45(17-15-42)20-8-12-44(13-9-20)21-4-5-23(26(18-21)48-3)40-30-38-19-22(32)29(41-30)39-25-7-6-24-27(37-11-10-36-24)28(25)43(2)49(46,47)31(33,34)35/h4-7,10-11,18-20H,8-9,12-17H2,1-3H3,(H2,38,39,40,41). The van der Waals surface area contributed by atoms with Crippen LogP contribution in [-0.2, 0) is 10.0 Å². The van der Waals surface area contributed by atoms with E-state index in [1.165, 1.54) is 30.7 Å². The summed E-state index contributed by atoms with van der Waals surface area (Å²) in [5, 5.41) is 6.11. The van der Waals surface area contributed by atoms with Gasteiger partial charge in [0.2, 0.25) is 5.95 Å². The molecule has 4 aromatic rings. The SMILES string of the molecule is COc1cc(N2CCC(N3CCN(C)CC3)CC2)ccc1Nc1ncc(Br)c(Nc2ccc3nccnc3c2N(C)S(=O)(=O)C(F)(F)F)n1. The molecule has 0 amide bonds. The van der Waals surface area contributed by atoms with Gasteiger partial charge in [0.25, 0.3) is 0 Å². The summed E-state index contributed by atoms with van der Waals surface area (Å²) < 4.78 is 72.0. The molecule has 2 saturated heterocycles. The summed E-state index contributed by atoms with van der Waals surface area (Å²) in [4.78, 5) is 24.5. The van der Waals surface area contributed by atoms with Crippen molar-refractivity contribution in [2.45, 2.75) is 24.4 Å². The van der Waals surface area contributed by atoms with Gasteiger partial charge in [0, 0.05) is 82.7 Å². The number of likely N-dealkylation sites (N-methyl/N-ethyl adjacent to an activating group) is 1. The number of rotatable bonds is 9. The molecule has 2 N–H and O–H groups in total. The summed E-state index contributed by atoms with van der Waals surface area (Å²) in [5.74, 6) is 0.885. The number of aromatic nitrogens is 4. The van der Waals surface area contributed by atoms with Crippen LogP contribution in [0.25, 0.3) is 11.0 Å². The molecule has 0 unspecified atom stereocenters. The van der Waals surface area contributed by atoms with Crippen LogP contribution in [0.1, 0.15) is 12.8 Å². The largest absolute Gasteiger partial charge is 0.516 e. The third-order valence-corrected chi connectivity index (χ3v) is 11.0. The first-order valence-corrected chi connectivity index (χ1v) is 17.8. The molecule has 2 aliphatic rings. The van der Waals surface area contributed by atoms with Gasteiger partial charge in [-0.05, 0) is 60.1 Å².